The van der Waals surface area contributed by atoms with Gasteiger partial charge in [-0.1, -0.05) is 91.2 Å². The van der Waals surface area contributed by atoms with Gasteiger partial charge >= 0.3 is 0 Å². The number of allylic oxidation sites excluding steroid dienone is 1. The summed E-state index contributed by atoms with van der Waals surface area (Å²) in [5.74, 6) is 1.25. The second-order valence-corrected chi connectivity index (χ2v) is 8.70. The van der Waals surface area contributed by atoms with Crippen molar-refractivity contribution in [3.05, 3.63) is 28.2 Å². The molecule has 0 unspecified atom stereocenters. The van der Waals surface area contributed by atoms with E-state index in [2.05, 4.69) is 45.5 Å². The van der Waals surface area contributed by atoms with E-state index in [4.69, 9.17) is 0 Å². The molecule has 1 aromatic rings. The van der Waals surface area contributed by atoms with Gasteiger partial charge in [0.15, 0.2) is 0 Å². The van der Waals surface area contributed by atoms with E-state index in [0.717, 1.165) is 6.42 Å². The van der Waals surface area contributed by atoms with E-state index >= 15 is 0 Å². The lowest BCUT2D eigenvalue weighted by Gasteiger charge is -2.19. The van der Waals surface area contributed by atoms with Crippen LogP contribution in [0, 0.1) is 5.92 Å². The van der Waals surface area contributed by atoms with Crippen molar-refractivity contribution in [3.63, 3.8) is 0 Å². The van der Waals surface area contributed by atoms with Crippen LogP contribution < -0.4 is 0 Å². The molecule has 0 radical (unpaired) electrons. The first-order chi connectivity index (χ1) is 11.6. The molecule has 0 fully saturated rings. The molecule has 0 saturated heterocycles. The maximum absolute atomic E-state index is 4.58. The normalized spacial score (nSPS) is 11.6. The highest BCUT2D eigenvalue weighted by Gasteiger charge is 2.15. The molecule has 0 amide bonds. The average molecular weight is 350 g/mol. The first-order valence-corrected chi connectivity index (χ1v) is 11.0. The second kappa shape index (κ2) is 12.7. The Labute approximate surface area is 155 Å². The Morgan fingerprint density at radius 2 is 1.58 bits per heavy atom. The summed E-state index contributed by atoms with van der Waals surface area (Å²) in [4.78, 5) is 5.98. The smallest absolute Gasteiger partial charge is 0.0953 e. The van der Waals surface area contributed by atoms with Crippen molar-refractivity contribution < 1.29 is 0 Å². The summed E-state index contributed by atoms with van der Waals surface area (Å²) in [5, 5.41) is 1.26. The number of unbranched alkanes of at least 4 members (excludes halogenated alkanes) is 6. The predicted molar refractivity (Wildman–Crippen MR) is 110 cm³/mol. The van der Waals surface area contributed by atoms with Crippen LogP contribution >= 0.6 is 11.3 Å². The Bertz CT molecular complexity index is 435. The van der Waals surface area contributed by atoms with Crippen LogP contribution in [0.1, 0.15) is 108 Å². The van der Waals surface area contributed by atoms with Crippen LogP contribution in [0.4, 0.5) is 0 Å². The van der Waals surface area contributed by atoms with Crippen LogP contribution in [-0.2, 0) is 6.42 Å². The molecule has 1 heterocycles. The van der Waals surface area contributed by atoms with Crippen LogP contribution in [0.25, 0.3) is 0 Å². The molecule has 0 bridgehead atoms. The number of aromatic nitrogens is 1. The van der Waals surface area contributed by atoms with Gasteiger partial charge < -0.3 is 0 Å². The molecule has 0 aliphatic rings. The topological polar surface area (TPSA) is 12.9 Å². The van der Waals surface area contributed by atoms with Crippen molar-refractivity contribution in [2.24, 2.45) is 5.92 Å². The van der Waals surface area contributed by atoms with Gasteiger partial charge in [-0.2, -0.15) is 0 Å². The third-order valence-corrected chi connectivity index (χ3v) is 6.15. The standard InChI is InChI=1S/C22H39NS/c1-6-8-10-12-14-20(15-13-11-9-7-2)19(5)16-21-17-23-22(24-21)18(3)4/h17-18,20H,5-16H2,1-4H3. The van der Waals surface area contributed by atoms with E-state index in [-0.39, 0.29) is 0 Å². The van der Waals surface area contributed by atoms with Crippen LogP contribution in [-0.4, -0.2) is 4.98 Å². The Hall–Kier alpha value is -0.630. The van der Waals surface area contributed by atoms with Crippen LogP contribution in [0.2, 0.25) is 0 Å². The van der Waals surface area contributed by atoms with E-state index in [1.807, 2.05) is 11.3 Å². The van der Waals surface area contributed by atoms with Gasteiger partial charge in [0.05, 0.1) is 5.01 Å². The lowest BCUT2D eigenvalue weighted by Crippen LogP contribution is -2.06. The molecule has 138 valence electrons. The number of hydrogen-bond acceptors (Lipinski definition) is 2. The maximum Gasteiger partial charge on any atom is 0.0953 e. The molecule has 0 atom stereocenters. The molecule has 0 aliphatic heterocycles. The largest absolute Gasteiger partial charge is 0.249 e. The minimum atomic E-state index is 0.538. The highest BCUT2D eigenvalue weighted by molar-refractivity contribution is 7.11. The summed E-state index contributed by atoms with van der Waals surface area (Å²) in [6.45, 7) is 13.5. The summed E-state index contributed by atoms with van der Waals surface area (Å²) in [7, 11) is 0. The van der Waals surface area contributed by atoms with Gasteiger partial charge in [-0.3, -0.25) is 0 Å². The fourth-order valence-corrected chi connectivity index (χ4v) is 4.20. The van der Waals surface area contributed by atoms with Crippen molar-refractivity contribution in [2.75, 3.05) is 0 Å². The van der Waals surface area contributed by atoms with Crippen molar-refractivity contribution in [2.45, 2.75) is 104 Å². The van der Waals surface area contributed by atoms with Crippen LogP contribution in [0.3, 0.4) is 0 Å². The van der Waals surface area contributed by atoms with E-state index in [1.54, 1.807) is 0 Å². The zero-order valence-corrected chi connectivity index (χ0v) is 17.4. The van der Waals surface area contributed by atoms with E-state index < -0.39 is 0 Å². The third-order valence-electron chi connectivity index (χ3n) is 4.86. The van der Waals surface area contributed by atoms with Gasteiger partial charge in [-0.15, -0.1) is 11.3 Å². The van der Waals surface area contributed by atoms with Gasteiger partial charge in [0, 0.05) is 23.4 Å². The Balaban J connectivity index is 2.52. The quantitative estimate of drug-likeness (QED) is 0.245. The fraction of sp³-hybridized carbons (Fsp3) is 0.773. The summed E-state index contributed by atoms with van der Waals surface area (Å²) >= 11 is 1.88. The molecule has 24 heavy (non-hydrogen) atoms. The van der Waals surface area contributed by atoms with E-state index in [9.17, 15) is 0 Å². The minimum absolute atomic E-state index is 0.538. The van der Waals surface area contributed by atoms with E-state index in [0.29, 0.717) is 11.8 Å². The van der Waals surface area contributed by atoms with Gasteiger partial charge in [-0.05, 0) is 18.8 Å². The van der Waals surface area contributed by atoms with Crippen molar-refractivity contribution in [1.82, 2.24) is 4.98 Å². The average Bonchev–Trinajstić information content (AvgIpc) is 3.02. The molecule has 0 N–H and O–H groups in total. The monoisotopic (exact) mass is 349 g/mol. The van der Waals surface area contributed by atoms with Crippen LogP contribution in [0.5, 0.6) is 0 Å². The highest BCUT2D eigenvalue weighted by atomic mass is 32.1. The Morgan fingerprint density at radius 1 is 1.00 bits per heavy atom. The van der Waals surface area contributed by atoms with Gasteiger partial charge in [0.1, 0.15) is 0 Å². The molecule has 0 aromatic carbocycles. The molecular weight excluding hydrogens is 310 g/mol. The Morgan fingerprint density at radius 3 is 2.04 bits per heavy atom. The van der Waals surface area contributed by atoms with Crippen molar-refractivity contribution in [3.8, 4) is 0 Å². The number of rotatable bonds is 14. The second-order valence-electron chi connectivity index (χ2n) is 7.55. The Kier molecular flexibility index (Phi) is 11.3. The van der Waals surface area contributed by atoms with Crippen molar-refractivity contribution >= 4 is 11.3 Å². The number of hydrogen-bond donors (Lipinski definition) is 0. The van der Waals surface area contributed by atoms with Crippen LogP contribution in [0.15, 0.2) is 18.3 Å². The first-order valence-electron chi connectivity index (χ1n) is 10.2. The summed E-state index contributed by atoms with van der Waals surface area (Å²) in [5.41, 5.74) is 1.45. The van der Waals surface area contributed by atoms with Gasteiger partial charge in [0.25, 0.3) is 0 Å². The van der Waals surface area contributed by atoms with E-state index in [1.165, 1.54) is 79.7 Å². The van der Waals surface area contributed by atoms with Crippen molar-refractivity contribution in [1.29, 1.82) is 0 Å². The lowest BCUT2D eigenvalue weighted by atomic mass is 9.87. The SMILES string of the molecule is C=C(Cc1cnc(C(C)C)s1)C(CCCCCC)CCCCCC. The lowest BCUT2D eigenvalue weighted by molar-refractivity contribution is 0.450. The molecule has 0 spiro atoms. The molecule has 1 rings (SSSR count). The summed E-state index contributed by atoms with van der Waals surface area (Å²) < 4.78 is 0. The molecule has 0 saturated carbocycles. The third kappa shape index (κ3) is 8.46. The zero-order valence-electron chi connectivity index (χ0n) is 16.6. The maximum atomic E-state index is 4.58. The summed E-state index contributed by atoms with van der Waals surface area (Å²) in [6.07, 6.45) is 16.7. The highest BCUT2D eigenvalue weighted by Crippen LogP contribution is 2.29. The summed E-state index contributed by atoms with van der Waals surface area (Å²) in [6, 6.07) is 0. The van der Waals surface area contributed by atoms with Gasteiger partial charge in [-0.25, -0.2) is 4.98 Å². The number of thiazole rings is 1. The minimum Gasteiger partial charge on any atom is -0.249 e. The molecule has 1 aromatic heterocycles. The predicted octanol–water partition coefficient (Wildman–Crippen LogP) is 7.92. The number of nitrogens with zero attached hydrogens (tertiary/aromatic N) is 1. The molecular formula is C22H39NS. The molecule has 1 nitrogen and oxygen atoms in total. The molecule has 2 heteroatoms. The first kappa shape index (κ1) is 21.4. The molecule has 0 aliphatic carbocycles. The fourth-order valence-electron chi connectivity index (χ4n) is 3.23. The zero-order chi connectivity index (χ0) is 17.8. The van der Waals surface area contributed by atoms with Gasteiger partial charge in [0.2, 0.25) is 0 Å².